The van der Waals surface area contributed by atoms with E-state index in [9.17, 15) is 9.90 Å². The third kappa shape index (κ3) is 2.45. The van der Waals surface area contributed by atoms with Crippen LogP contribution in [0.5, 0.6) is 0 Å². The van der Waals surface area contributed by atoms with Crippen molar-refractivity contribution >= 4 is 34.6 Å². The third-order valence-corrected chi connectivity index (χ3v) is 6.71. The Morgan fingerprint density at radius 2 is 2.11 bits per heavy atom. The Morgan fingerprint density at radius 1 is 1.30 bits per heavy atom. The third-order valence-electron chi connectivity index (χ3n) is 5.14. The van der Waals surface area contributed by atoms with Crippen molar-refractivity contribution in [3.05, 3.63) is 62.5 Å². The van der Waals surface area contributed by atoms with Crippen LogP contribution in [0.2, 0.25) is 5.02 Å². The number of rotatable bonds is 2. The number of aryl methyl sites for hydroxylation is 1. The van der Waals surface area contributed by atoms with E-state index in [1.165, 1.54) is 0 Å². The van der Waals surface area contributed by atoms with E-state index in [4.69, 9.17) is 16.6 Å². The summed E-state index contributed by atoms with van der Waals surface area (Å²) in [5, 5.41) is 19.6. The van der Waals surface area contributed by atoms with Crippen molar-refractivity contribution < 1.29 is 9.90 Å². The molecule has 1 atom stereocenters. The molecule has 0 spiro atoms. The summed E-state index contributed by atoms with van der Waals surface area (Å²) in [6.45, 7) is 2.32. The van der Waals surface area contributed by atoms with Crippen molar-refractivity contribution in [3.63, 3.8) is 0 Å². The molecule has 2 aromatic heterocycles. The fraction of sp³-hybridized carbons (Fsp3) is 0.263. The van der Waals surface area contributed by atoms with Crippen LogP contribution in [0.15, 0.2) is 29.3 Å². The Balaban J connectivity index is 1.77. The standard InChI is InChI=1S/C19H15ClN4O2S/c1-9-22-23-15-8-21-17(11-4-2-3-5-13(11)20)16-12-6-10(19(25)26)7-14(12)27-18(16)24(9)15/h2-5,10H,6-8H2,1H3,(H,25,26). The van der Waals surface area contributed by atoms with Gasteiger partial charge in [-0.15, -0.1) is 21.5 Å². The fourth-order valence-electron chi connectivity index (χ4n) is 3.87. The van der Waals surface area contributed by atoms with Crippen molar-refractivity contribution in [1.82, 2.24) is 14.8 Å². The number of hydrogen-bond donors (Lipinski definition) is 1. The van der Waals surface area contributed by atoms with Gasteiger partial charge in [0.15, 0.2) is 5.82 Å². The van der Waals surface area contributed by atoms with Gasteiger partial charge in [0.2, 0.25) is 0 Å². The van der Waals surface area contributed by atoms with Crippen LogP contribution in [0.3, 0.4) is 0 Å². The summed E-state index contributed by atoms with van der Waals surface area (Å²) in [7, 11) is 0. The molecule has 0 radical (unpaired) electrons. The van der Waals surface area contributed by atoms with Gasteiger partial charge in [-0.25, -0.2) is 0 Å². The Bertz CT molecular complexity index is 1130. The summed E-state index contributed by atoms with van der Waals surface area (Å²) in [6.07, 6.45) is 1.06. The predicted molar refractivity (Wildman–Crippen MR) is 103 cm³/mol. The smallest absolute Gasteiger partial charge is 0.307 e. The summed E-state index contributed by atoms with van der Waals surface area (Å²) in [5.74, 6) is 0.453. The summed E-state index contributed by atoms with van der Waals surface area (Å²) in [4.78, 5) is 17.5. The lowest BCUT2D eigenvalue weighted by molar-refractivity contribution is -0.141. The zero-order chi connectivity index (χ0) is 18.7. The highest BCUT2D eigenvalue weighted by Gasteiger charge is 2.36. The molecule has 136 valence electrons. The lowest BCUT2D eigenvalue weighted by atomic mass is 9.97. The average molecular weight is 399 g/mol. The van der Waals surface area contributed by atoms with Gasteiger partial charge in [-0.1, -0.05) is 29.8 Å². The maximum atomic E-state index is 11.5. The molecule has 0 amide bonds. The highest BCUT2D eigenvalue weighted by atomic mass is 35.5. The van der Waals surface area contributed by atoms with Gasteiger partial charge in [-0.2, -0.15) is 0 Å². The Morgan fingerprint density at radius 3 is 2.89 bits per heavy atom. The van der Waals surface area contributed by atoms with Crippen molar-refractivity contribution in [2.45, 2.75) is 26.3 Å². The van der Waals surface area contributed by atoms with Gasteiger partial charge in [-0.05, 0) is 31.4 Å². The number of halogens is 1. The minimum Gasteiger partial charge on any atom is -0.481 e. The highest BCUT2D eigenvalue weighted by Crippen LogP contribution is 2.43. The minimum absolute atomic E-state index is 0.381. The van der Waals surface area contributed by atoms with Gasteiger partial charge in [0.25, 0.3) is 0 Å². The average Bonchev–Trinajstić information content (AvgIpc) is 3.27. The lowest BCUT2D eigenvalue weighted by Gasteiger charge is -2.12. The van der Waals surface area contributed by atoms with E-state index in [1.54, 1.807) is 11.3 Å². The summed E-state index contributed by atoms with van der Waals surface area (Å²) in [5.41, 5.74) is 3.72. The molecule has 2 aliphatic rings. The number of aromatic nitrogens is 3. The van der Waals surface area contributed by atoms with Gasteiger partial charge in [0.05, 0.1) is 11.6 Å². The van der Waals surface area contributed by atoms with Crippen molar-refractivity contribution in [3.8, 4) is 5.00 Å². The summed E-state index contributed by atoms with van der Waals surface area (Å²) >= 11 is 8.11. The van der Waals surface area contributed by atoms with E-state index in [2.05, 4.69) is 10.2 Å². The van der Waals surface area contributed by atoms with E-state index < -0.39 is 5.97 Å². The number of aliphatic imine (C=N–C) groups is 1. The Kier molecular flexibility index (Phi) is 3.70. The van der Waals surface area contributed by atoms with Crippen molar-refractivity contribution in [2.24, 2.45) is 10.9 Å². The van der Waals surface area contributed by atoms with Gasteiger partial charge in [-0.3, -0.25) is 14.4 Å². The molecule has 3 heterocycles. The summed E-state index contributed by atoms with van der Waals surface area (Å²) in [6, 6.07) is 7.63. The van der Waals surface area contributed by atoms with Crippen LogP contribution in [-0.2, 0) is 24.2 Å². The fourth-order valence-corrected chi connectivity index (χ4v) is 5.57. The van der Waals surface area contributed by atoms with Crippen LogP contribution in [0.25, 0.3) is 5.00 Å². The molecular formula is C19H15ClN4O2S. The van der Waals surface area contributed by atoms with Crippen LogP contribution in [-0.4, -0.2) is 31.6 Å². The number of thiophene rings is 1. The minimum atomic E-state index is -0.752. The maximum Gasteiger partial charge on any atom is 0.307 e. The van der Waals surface area contributed by atoms with Crippen LogP contribution in [0.1, 0.15) is 33.2 Å². The van der Waals surface area contributed by atoms with Crippen LogP contribution < -0.4 is 0 Å². The van der Waals surface area contributed by atoms with E-state index in [0.29, 0.717) is 24.4 Å². The molecule has 0 bridgehead atoms. The van der Waals surface area contributed by atoms with E-state index in [-0.39, 0.29) is 5.92 Å². The monoisotopic (exact) mass is 398 g/mol. The quantitative estimate of drug-likeness (QED) is 0.717. The number of fused-ring (bicyclic) bond motifs is 5. The van der Waals surface area contributed by atoms with E-state index in [1.807, 2.05) is 35.8 Å². The topological polar surface area (TPSA) is 80.4 Å². The Labute approximate surface area is 164 Å². The van der Waals surface area contributed by atoms with Gasteiger partial charge in [0.1, 0.15) is 17.4 Å². The first-order valence-corrected chi connectivity index (χ1v) is 9.82. The molecule has 1 aromatic carbocycles. The molecule has 5 rings (SSSR count). The lowest BCUT2D eigenvalue weighted by Crippen LogP contribution is -2.15. The molecule has 1 aliphatic carbocycles. The Hall–Kier alpha value is -2.51. The van der Waals surface area contributed by atoms with Gasteiger partial charge >= 0.3 is 5.97 Å². The van der Waals surface area contributed by atoms with Crippen LogP contribution in [0.4, 0.5) is 0 Å². The van der Waals surface area contributed by atoms with Crippen LogP contribution in [0, 0.1) is 12.8 Å². The van der Waals surface area contributed by atoms with Crippen molar-refractivity contribution in [1.29, 1.82) is 0 Å². The second-order valence-corrected chi connectivity index (χ2v) is 8.26. The number of carbonyl (C=O) groups is 1. The van der Waals surface area contributed by atoms with Gasteiger partial charge < -0.3 is 5.11 Å². The SMILES string of the molecule is Cc1nnc2n1-c1sc3c(c1C(c1ccccc1Cl)=NC2)CC(C(=O)O)C3. The molecule has 1 N–H and O–H groups in total. The molecule has 3 aromatic rings. The first-order chi connectivity index (χ1) is 13.0. The molecule has 1 unspecified atom stereocenters. The molecule has 6 nitrogen and oxygen atoms in total. The molecule has 27 heavy (non-hydrogen) atoms. The largest absolute Gasteiger partial charge is 0.481 e. The molecule has 0 fully saturated rings. The molecule has 8 heteroatoms. The first kappa shape index (κ1) is 16.6. The molecule has 0 saturated carbocycles. The normalized spacial score (nSPS) is 17.7. The number of nitrogens with zero attached hydrogens (tertiary/aromatic N) is 4. The molecular weight excluding hydrogens is 384 g/mol. The highest BCUT2D eigenvalue weighted by molar-refractivity contribution is 7.15. The second kappa shape index (κ2) is 6.00. The first-order valence-electron chi connectivity index (χ1n) is 8.63. The number of aliphatic carboxylic acids is 1. The van der Waals surface area contributed by atoms with E-state index >= 15 is 0 Å². The summed E-state index contributed by atoms with van der Waals surface area (Å²) < 4.78 is 2.04. The molecule has 0 saturated heterocycles. The van der Waals surface area contributed by atoms with Gasteiger partial charge in [0, 0.05) is 21.0 Å². The number of benzene rings is 1. The number of carboxylic acids is 1. The van der Waals surface area contributed by atoms with Crippen molar-refractivity contribution in [2.75, 3.05) is 0 Å². The number of hydrogen-bond acceptors (Lipinski definition) is 5. The maximum absolute atomic E-state index is 11.5. The van der Waals surface area contributed by atoms with Crippen LogP contribution >= 0.6 is 22.9 Å². The zero-order valence-corrected chi connectivity index (χ0v) is 16.0. The number of carboxylic acid groups (broad SMARTS) is 1. The molecule has 1 aliphatic heterocycles. The predicted octanol–water partition coefficient (Wildman–Crippen LogP) is 3.44. The van der Waals surface area contributed by atoms with E-state index in [0.717, 1.165) is 43.9 Å². The second-order valence-electron chi connectivity index (χ2n) is 6.77. The zero-order valence-electron chi connectivity index (χ0n) is 14.4.